The number of hydrogen-bond acceptors (Lipinski definition) is 3. The molecule has 122 valence electrons. The first-order valence-electron chi connectivity index (χ1n) is 8.39. The van der Waals surface area contributed by atoms with Crippen LogP contribution in [0.1, 0.15) is 58.8 Å². The summed E-state index contributed by atoms with van der Waals surface area (Å²) in [6.07, 6.45) is 5.38. The van der Waals surface area contributed by atoms with Crippen molar-refractivity contribution < 1.29 is 9.59 Å². The van der Waals surface area contributed by atoms with E-state index in [1.807, 2.05) is 9.80 Å². The molecule has 2 N–H and O–H groups in total. The van der Waals surface area contributed by atoms with Gasteiger partial charge in [0, 0.05) is 45.1 Å². The van der Waals surface area contributed by atoms with Crippen molar-refractivity contribution in [2.45, 2.75) is 64.8 Å². The van der Waals surface area contributed by atoms with E-state index in [2.05, 4.69) is 13.8 Å². The summed E-state index contributed by atoms with van der Waals surface area (Å²) >= 11 is 0. The quantitative estimate of drug-likeness (QED) is 0.742. The van der Waals surface area contributed by atoms with Gasteiger partial charge in [-0.15, -0.1) is 0 Å². The fourth-order valence-corrected chi connectivity index (χ4v) is 2.76. The molecule has 0 saturated carbocycles. The van der Waals surface area contributed by atoms with E-state index in [0.29, 0.717) is 19.3 Å². The number of piperidine rings is 1. The van der Waals surface area contributed by atoms with Crippen molar-refractivity contribution in [2.24, 2.45) is 5.73 Å². The fourth-order valence-electron chi connectivity index (χ4n) is 2.76. The minimum absolute atomic E-state index is 0.173. The summed E-state index contributed by atoms with van der Waals surface area (Å²) in [5.41, 5.74) is 5.84. The SMILES string of the molecule is CCCN(CCC)C(=O)CCCC(=O)N1CCC(N)CC1. The van der Waals surface area contributed by atoms with Gasteiger partial charge in [-0.1, -0.05) is 13.8 Å². The monoisotopic (exact) mass is 297 g/mol. The molecule has 0 aromatic heterocycles. The molecule has 0 aromatic carbocycles. The molecule has 1 aliphatic heterocycles. The Morgan fingerprint density at radius 2 is 1.67 bits per heavy atom. The molecular weight excluding hydrogens is 266 g/mol. The highest BCUT2D eigenvalue weighted by Gasteiger charge is 2.20. The predicted octanol–water partition coefficient (Wildman–Crippen LogP) is 1.75. The molecule has 0 spiro atoms. The van der Waals surface area contributed by atoms with Crippen molar-refractivity contribution in [1.29, 1.82) is 0 Å². The van der Waals surface area contributed by atoms with Gasteiger partial charge in [-0.05, 0) is 32.1 Å². The van der Waals surface area contributed by atoms with Crippen LogP contribution < -0.4 is 5.73 Å². The molecule has 21 heavy (non-hydrogen) atoms. The maximum atomic E-state index is 12.1. The van der Waals surface area contributed by atoms with Gasteiger partial charge < -0.3 is 15.5 Å². The van der Waals surface area contributed by atoms with Crippen molar-refractivity contribution in [3.63, 3.8) is 0 Å². The Morgan fingerprint density at radius 1 is 1.10 bits per heavy atom. The van der Waals surface area contributed by atoms with Crippen LogP contribution in [-0.4, -0.2) is 53.8 Å². The van der Waals surface area contributed by atoms with Gasteiger partial charge in [0.1, 0.15) is 0 Å². The first-order valence-corrected chi connectivity index (χ1v) is 8.39. The smallest absolute Gasteiger partial charge is 0.222 e. The number of carbonyl (C=O) groups is 2. The number of nitrogens with zero attached hydrogens (tertiary/aromatic N) is 2. The molecule has 0 aliphatic carbocycles. The summed E-state index contributed by atoms with van der Waals surface area (Å²) in [5.74, 6) is 0.361. The summed E-state index contributed by atoms with van der Waals surface area (Å²) in [6.45, 7) is 7.35. The zero-order valence-corrected chi connectivity index (χ0v) is 13.6. The summed E-state index contributed by atoms with van der Waals surface area (Å²) < 4.78 is 0. The van der Waals surface area contributed by atoms with Crippen molar-refractivity contribution >= 4 is 11.8 Å². The Labute approximate surface area is 128 Å². The van der Waals surface area contributed by atoms with Crippen LogP contribution >= 0.6 is 0 Å². The molecule has 0 atom stereocenters. The highest BCUT2D eigenvalue weighted by atomic mass is 16.2. The number of carbonyl (C=O) groups excluding carboxylic acids is 2. The predicted molar refractivity (Wildman–Crippen MR) is 84.8 cm³/mol. The van der Waals surface area contributed by atoms with Gasteiger partial charge in [0.25, 0.3) is 0 Å². The maximum absolute atomic E-state index is 12.1. The van der Waals surface area contributed by atoms with Crippen LogP contribution in [-0.2, 0) is 9.59 Å². The number of likely N-dealkylation sites (tertiary alicyclic amines) is 1. The van der Waals surface area contributed by atoms with Crippen molar-refractivity contribution in [3.8, 4) is 0 Å². The number of nitrogens with two attached hydrogens (primary N) is 1. The minimum atomic E-state index is 0.173. The number of amides is 2. The Hall–Kier alpha value is -1.10. The van der Waals surface area contributed by atoms with Crippen LogP contribution in [0.2, 0.25) is 0 Å². The minimum Gasteiger partial charge on any atom is -0.343 e. The van der Waals surface area contributed by atoms with Crippen LogP contribution in [0.3, 0.4) is 0 Å². The number of hydrogen-bond donors (Lipinski definition) is 1. The second-order valence-corrected chi connectivity index (χ2v) is 5.95. The Bertz CT molecular complexity index is 319. The lowest BCUT2D eigenvalue weighted by Crippen LogP contribution is -2.42. The average molecular weight is 297 g/mol. The normalized spacial score (nSPS) is 16.0. The zero-order valence-electron chi connectivity index (χ0n) is 13.6. The summed E-state index contributed by atoms with van der Waals surface area (Å²) in [4.78, 5) is 28.0. The molecule has 0 unspecified atom stereocenters. The van der Waals surface area contributed by atoms with Gasteiger partial charge in [-0.25, -0.2) is 0 Å². The van der Waals surface area contributed by atoms with E-state index in [-0.39, 0.29) is 17.9 Å². The molecule has 5 heteroatoms. The third-order valence-electron chi connectivity index (χ3n) is 4.01. The molecular formula is C16H31N3O2. The molecule has 1 rings (SSSR count). The van der Waals surface area contributed by atoms with Gasteiger partial charge >= 0.3 is 0 Å². The highest BCUT2D eigenvalue weighted by Crippen LogP contribution is 2.11. The van der Waals surface area contributed by atoms with E-state index < -0.39 is 0 Å². The molecule has 0 aromatic rings. The van der Waals surface area contributed by atoms with E-state index in [4.69, 9.17) is 5.73 Å². The summed E-state index contributed by atoms with van der Waals surface area (Å²) in [7, 11) is 0. The molecule has 1 saturated heterocycles. The molecule has 1 fully saturated rings. The van der Waals surface area contributed by atoms with Crippen molar-refractivity contribution in [3.05, 3.63) is 0 Å². The number of rotatable bonds is 8. The molecule has 1 heterocycles. The van der Waals surface area contributed by atoms with Gasteiger partial charge in [0.2, 0.25) is 11.8 Å². The van der Waals surface area contributed by atoms with Gasteiger partial charge in [0.05, 0.1) is 0 Å². The van der Waals surface area contributed by atoms with E-state index in [1.54, 1.807) is 0 Å². The van der Waals surface area contributed by atoms with Gasteiger partial charge in [-0.2, -0.15) is 0 Å². The van der Waals surface area contributed by atoms with Crippen molar-refractivity contribution in [2.75, 3.05) is 26.2 Å². The third-order valence-corrected chi connectivity index (χ3v) is 4.01. The third kappa shape index (κ3) is 6.46. The molecule has 0 bridgehead atoms. The van der Waals surface area contributed by atoms with Crippen LogP contribution in [0.15, 0.2) is 0 Å². The van der Waals surface area contributed by atoms with Crippen LogP contribution in [0.4, 0.5) is 0 Å². The van der Waals surface area contributed by atoms with Crippen LogP contribution in [0.25, 0.3) is 0 Å². The molecule has 0 radical (unpaired) electrons. The molecule has 5 nitrogen and oxygen atoms in total. The lowest BCUT2D eigenvalue weighted by atomic mass is 10.1. The topological polar surface area (TPSA) is 66.6 Å². The van der Waals surface area contributed by atoms with Crippen LogP contribution in [0, 0.1) is 0 Å². The van der Waals surface area contributed by atoms with Crippen LogP contribution in [0.5, 0.6) is 0 Å². The zero-order chi connectivity index (χ0) is 15.7. The largest absolute Gasteiger partial charge is 0.343 e. The van der Waals surface area contributed by atoms with E-state index >= 15 is 0 Å². The average Bonchev–Trinajstić information content (AvgIpc) is 2.47. The Balaban J connectivity index is 2.25. The first kappa shape index (κ1) is 18.0. The van der Waals surface area contributed by atoms with E-state index in [0.717, 1.165) is 51.9 Å². The fraction of sp³-hybridized carbons (Fsp3) is 0.875. The van der Waals surface area contributed by atoms with Gasteiger partial charge in [-0.3, -0.25) is 9.59 Å². The summed E-state index contributed by atoms with van der Waals surface area (Å²) in [6, 6.07) is 0.243. The molecule has 2 amide bonds. The van der Waals surface area contributed by atoms with E-state index in [1.165, 1.54) is 0 Å². The molecule has 1 aliphatic rings. The van der Waals surface area contributed by atoms with Crippen molar-refractivity contribution in [1.82, 2.24) is 9.80 Å². The second kappa shape index (κ2) is 9.77. The first-order chi connectivity index (χ1) is 10.1. The van der Waals surface area contributed by atoms with E-state index in [9.17, 15) is 9.59 Å². The standard InChI is InChI=1S/C16H31N3O2/c1-3-10-18(11-4-2)15(20)6-5-7-16(21)19-12-8-14(17)9-13-19/h14H,3-13,17H2,1-2H3. The Morgan fingerprint density at radius 3 is 2.19 bits per heavy atom. The maximum Gasteiger partial charge on any atom is 0.222 e. The van der Waals surface area contributed by atoms with Gasteiger partial charge in [0.15, 0.2) is 0 Å². The lowest BCUT2D eigenvalue weighted by Gasteiger charge is -2.30. The highest BCUT2D eigenvalue weighted by molar-refractivity contribution is 5.79. The summed E-state index contributed by atoms with van der Waals surface area (Å²) in [5, 5.41) is 0. The second-order valence-electron chi connectivity index (χ2n) is 5.95. The lowest BCUT2D eigenvalue weighted by molar-refractivity contribution is -0.133. The Kier molecular flexibility index (Phi) is 8.35.